The standard InChI is InChI=1S/C15H20ClNO4/c1-11(21-13-4-2-3-12(16)9-13)14(18)17-10-15(19)5-7-20-8-6-15/h2-4,9,11,19H,5-8,10H2,1H3,(H,17,18). The number of amides is 1. The average molecular weight is 314 g/mol. The molecule has 0 saturated carbocycles. The van der Waals surface area contributed by atoms with Gasteiger partial charge in [0.25, 0.3) is 5.91 Å². The first kappa shape index (κ1) is 16.1. The van der Waals surface area contributed by atoms with Crippen molar-refractivity contribution < 1.29 is 19.4 Å². The summed E-state index contributed by atoms with van der Waals surface area (Å²) in [7, 11) is 0. The van der Waals surface area contributed by atoms with Gasteiger partial charge < -0.3 is 19.9 Å². The molecule has 1 heterocycles. The van der Waals surface area contributed by atoms with Crippen LogP contribution in [0, 0.1) is 0 Å². The lowest BCUT2D eigenvalue weighted by Gasteiger charge is -2.32. The molecule has 1 fully saturated rings. The molecule has 0 aromatic heterocycles. The summed E-state index contributed by atoms with van der Waals surface area (Å²) in [5, 5.41) is 13.6. The summed E-state index contributed by atoms with van der Waals surface area (Å²) in [5.41, 5.74) is -0.885. The quantitative estimate of drug-likeness (QED) is 0.869. The normalized spacial score (nSPS) is 18.8. The Balaban J connectivity index is 1.82. The van der Waals surface area contributed by atoms with Gasteiger partial charge in [-0.1, -0.05) is 17.7 Å². The number of hydrogen-bond donors (Lipinski definition) is 2. The van der Waals surface area contributed by atoms with E-state index in [9.17, 15) is 9.90 Å². The minimum atomic E-state index is -0.885. The van der Waals surface area contributed by atoms with Crippen LogP contribution in [0.1, 0.15) is 19.8 Å². The van der Waals surface area contributed by atoms with Crippen LogP contribution in [0.5, 0.6) is 5.75 Å². The topological polar surface area (TPSA) is 67.8 Å². The summed E-state index contributed by atoms with van der Waals surface area (Å²) in [6.45, 7) is 2.89. The molecule has 6 heteroatoms. The molecule has 1 aromatic carbocycles. The van der Waals surface area contributed by atoms with Gasteiger partial charge in [-0.3, -0.25) is 4.79 Å². The minimum Gasteiger partial charge on any atom is -0.481 e. The lowest BCUT2D eigenvalue weighted by Crippen LogP contribution is -2.49. The van der Waals surface area contributed by atoms with E-state index < -0.39 is 11.7 Å². The maximum Gasteiger partial charge on any atom is 0.260 e. The number of carbonyl (C=O) groups excluding carboxylic acids is 1. The first-order valence-electron chi connectivity index (χ1n) is 6.99. The van der Waals surface area contributed by atoms with Crippen LogP contribution in [0.25, 0.3) is 0 Å². The third-order valence-electron chi connectivity index (χ3n) is 3.49. The molecule has 1 unspecified atom stereocenters. The molecule has 2 N–H and O–H groups in total. The Morgan fingerprint density at radius 1 is 1.52 bits per heavy atom. The molecule has 1 aliphatic heterocycles. The Kier molecular flexibility index (Phi) is 5.45. The zero-order valence-electron chi connectivity index (χ0n) is 12.0. The first-order valence-corrected chi connectivity index (χ1v) is 7.36. The van der Waals surface area contributed by atoms with Crippen molar-refractivity contribution in [2.45, 2.75) is 31.5 Å². The Morgan fingerprint density at radius 3 is 2.90 bits per heavy atom. The molecule has 1 aromatic rings. The van der Waals surface area contributed by atoms with Gasteiger partial charge in [-0.05, 0) is 25.1 Å². The van der Waals surface area contributed by atoms with Gasteiger partial charge in [-0.25, -0.2) is 0 Å². The second kappa shape index (κ2) is 7.11. The van der Waals surface area contributed by atoms with Gasteiger partial charge in [0.2, 0.25) is 0 Å². The molecule has 21 heavy (non-hydrogen) atoms. The van der Waals surface area contributed by atoms with Crippen molar-refractivity contribution in [3.8, 4) is 5.75 Å². The highest BCUT2D eigenvalue weighted by atomic mass is 35.5. The first-order chi connectivity index (χ1) is 9.98. The van der Waals surface area contributed by atoms with Crippen LogP contribution in [-0.2, 0) is 9.53 Å². The van der Waals surface area contributed by atoms with Gasteiger partial charge in [-0.2, -0.15) is 0 Å². The number of aliphatic hydroxyl groups is 1. The van der Waals surface area contributed by atoms with E-state index >= 15 is 0 Å². The molecule has 116 valence electrons. The summed E-state index contributed by atoms with van der Waals surface area (Å²) in [6, 6.07) is 6.88. The van der Waals surface area contributed by atoms with Crippen molar-refractivity contribution >= 4 is 17.5 Å². The monoisotopic (exact) mass is 313 g/mol. The number of benzene rings is 1. The van der Waals surface area contributed by atoms with E-state index in [1.807, 2.05) is 0 Å². The zero-order valence-corrected chi connectivity index (χ0v) is 12.7. The summed E-state index contributed by atoms with van der Waals surface area (Å²) < 4.78 is 10.7. The number of hydrogen-bond acceptors (Lipinski definition) is 4. The fraction of sp³-hybridized carbons (Fsp3) is 0.533. The summed E-state index contributed by atoms with van der Waals surface area (Å²) in [4.78, 5) is 12.0. The van der Waals surface area contributed by atoms with E-state index in [1.165, 1.54) is 0 Å². The van der Waals surface area contributed by atoms with E-state index in [2.05, 4.69) is 5.32 Å². The van der Waals surface area contributed by atoms with E-state index in [-0.39, 0.29) is 12.5 Å². The second-order valence-corrected chi connectivity index (χ2v) is 5.71. The van der Waals surface area contributed by atoms with E-state index in [0.717, 1.165) is 0 Å². The third kappa shape index (κ3) is 4.88. The van der Waals surface area contributed by atoms with Crippen LogP contribution < -0.4 is 10.1 Å². The van der Waals surface area contributed by atoms with Gasteiger partial charge in [-0.15, -0.1) is 0 Å². The highest BCUT2D eigenvalue weighted by Gasteiger charge is 2.30. The third-order valence-corrected chi connectivity index (χ3v) is 3.73. The fourth-order valence-corrected chi connectivity index (χ4v) is 2.30. The molecule has 1 saturated heterocycles. The fourth-order valence-electron chi connectivity index (χ4n) is 2.12. The molecule has 2 rings (SSSR count). The van der Waals surface area contributed by atoms with Crippen molar-refractivity contribution in [2.24, 2.45) is 0 Å². The SMILES string of the molecule is CC(Oc1cccc(Cl)c1)C(=O)NCC1(O)CCOCC1. The second-order valence-electron chi connectivity index (χ2n) is 5.27. The summed E-state index contributed by atoms with van der Waals surface area (Å²) in [6.07, 6.45) is 0.389. The smallest absolute Gasteiger partial charge is 0.260 e. The van der Waals surface area contributed by atoms with Crippen molar-refractivity contribution in [1.29, 1.82) is 0 Å². The molecule has 0 spiro atoms. The molecule has 0 bridgehead atoms. The molecular formula is C15H20ClNO4. The predicted molar refractivity (Wildman–Crippen MR) is 79.6 cm³/mol. The van der Waals surface area contributed by atoms with Gasteiger partial charge >= 0.3 is 0 Å². The average Bonchev–Trinajstić information content (AvgIpc) is 2.45. The molecule has 1 aliphatic rings. The Hall–Kier alpha value is -1.30. The maximum atomic E-state index is 12.0. The molecular weight excluding hydrogens is 294 g/mol. The molecule has 1 amide bonds. The highest BCUT2D eigenvalue weighted by molar-refractivity contribution is 6.30. The lowest BCUT2D eigenvalue weighted by molar-refractivity contribution is -0.130. The number of halogens is 1. The van der Waals surface area contributed by atoms with Gasteiger partial charge in [0, 0.05) is 37.6 Å². The number of carbonyl (C=O) groups is 1. The zero-order chi connectivity index (χ0) is 15.3. The Bertz CT molecular complexity index is 488. The van der Waals surface area contributed by atoms with Crippen LogP contribution in [0.15, 0.2) is 24.3 Å². The number of rotatable bonds is 5. The summed E-state index contributed by atoms with van der Waals surface area (Å²) in [5.74, 6) is 0.268. The minimum absolute atomic E-state index is 0.207. The van der Waals surface area contributed by atoms with E-state index in [0.29, 0.717) is 36.8 Å². The molecule has 5 nitrogen and oxygen atoms in total. The van der Waals surface area contributed by atoms with Gasteiger partial charge in [0.05, 0.1) is 5.60 Å². The van der Waals surface area contributed by atoms with E-state index in [1.54, 1.807) is 31.2 Å². The van der Waals surface area contributed by atoms with Crippen LogP contribution in [0.2, 0.25) is 5.02 Å². The largest absolute Gasteiger partial charge is 0.481 e. The van der Waals surface area contributed by atoms with Crippen molar-refractivity contribution in [2.75, 3.05) is 19.8 Å². The molecule has 0 radical (unpaired) electrons. The highest BCUT2D eigenvalue weighted by Crippen LogP contribution is 2.20. The lowest BCUT2D eigenvalue weighted by atomic mass is 9.94. The van der Waals surface area contributed by atoms with Gasteiger partial charge in [0.15, 0.2) is 6.10 Å². The van der Waals surface area contributed by atoms with Crippen LogP contribution in [0.3, 0.4) is 0 Å². The van der Waals surface area contributed by atoms with E-state index in [4.69, 9.17) is 21.1 Å². The van der Waals surface area contributed by atoms with Crippen LogP contribution in [-0.4, -0.2) is 42.5 Å². The Morgan fingerprint density at radius 2 is 2.24 bits per heavy atom. The Labute approximate surface area is 129 Å². The maximum absolute atomic E-state index is 12.0. The number of nitrogens with one attached hydrogen (secondary N) is 1. The molecule has 0 aliphatic carbocycles. The predicted octanol–water partition coefficient (Wildman–Crippen LogP) is 1.76. The molecule has 1 atom stereocenters. The van der Waals surface area contributed by atoms with Crippen LogP contribution >= 0.6 is 11.6 Å². The van der Waals surface area contributed by atoms with Crippen molar-refractivity contribution in [1.82, 2.24) is 5.32 Å². The number of ether oxygens (including phenoxy) is 2. The van der Waals surface area contributed by atoms with Crippen molar-refractivity contribution in [3.05, 3.63) is 29.3 Å². The van der Waals surface area contributed by atoms with Gasteiger partial charge in [0.1, 0.15) is 5.75 Å². The van der Waals surface area contributed by atoms with Crippen molar-refractivity contribution in [3.63, 3.8) is 0 Å². The van der Waals surface area contributed by atoms with Crippen LogP contribution in [0.4, 0.5) is 0 Å². The summed E-state index contributed by atoms with van der Waals surface area (Å²) >= 11 is 5.86.